The van der Waals surface area contributed by atoms with Gasteiger partial charge < -0.3 is 20.5 Å². The molecule has 1 aromatic rings. The highest BCUT2D eigenvalue weighted by Gasteiger charge is 2.29. The van der Waals surface area contributed by atoms with E-state index in [0.29, 0.717) is 18.0 Å². The molecule has 3 N–H and O–H groups in total. The summed E-state index contributed by atoms with van der Waals surface area (Å²) in [6.07, 6.45) is 3.10. The van der Waals surface area contributed by atoms with Gasteiger partial charge in [-0.2, -0.15) is 0 Å². The number of carboxylic acids is 1. The maximum atomic E-state index is 11.9. The number of anilines is 1. The predicted octanol–water partition coefficient (Wildman–Crippen LogP) is 1.40. The minimum absolute atomic E-state index is 0.137. The van der Waals surface area contributed by atoms with Crippen molar-refractivity contribution in [2.75, 3.05) is 18.5 Å². The van der Waals surface area contributed by atoms with Crippen LogP contribution in [-0.2, 0) is 16.0 Å². The monoisotopic (exact) mass is 293 g/mol. The number of hydrogen-bond donors (Lipinski definition) is 3. The van der Waals surface area contributed by atoms with Gasteiger partial charge in [0, 0.05) is 6.61 Å². The first-order valence-corrected chi connectivity index (χ1v) is 6.80. The molecule has 1 unspecified atom stereocenters. The zero-order chi connectivity index (χ0) is 15.3. The van der Waals surface area contributed by atoms with Crippen molar-refractivity contribution < 1.29 is 19.4 Å². The van der Waals surface area contributed by atoms with Crippen LogP contribution < -0.4 is 10.6 Å². The van der Waals surface area contributed by atoms with Crippen LogP contribution in [0.15, 0.2) is 18.3 Å². The Kier molecular flexibility index (Phi) is 4.74. The molecule has 1 saturated heterocycles. The van der Waals surface area contributed by atoms with E-state index in [9.17, 15) is 9.59 Å². The Morgan fingerprint density at radius 2 is 2.29 bits per heavy atom. The number of amides is 2. The van der Waals surface area contributed by atoms with E-state index in [2.05, 4.69) is 15.6 Å². The molecule has 1 fully saturated rings. The van der Waals surface area contributed by atoms with Crippen molar-refractivity contribution in [3.63, 3.8) is 0 Å². The molecular formula is C14H19N3O4. The number of carbonyl (C=O) groups excluding carboxylic acids is 1. The molecule has 0 aromatic carbocycles. The van der Waals surface area contributed by atoms with Gasteiger partial charge in [0.15, 0.2) is 0 Å². The number of carboxylic acid groups (broad SMARTS) is 1. The highest BCUT2D eigenvalue weighted by Crippen LogP contribution is 2.18. The van der Waals surface area contributed by atoms with Gasteiger partial charge >= 0.3 is 12.0 Å². The van der Waals surface area contributed by atoms with E-state index in [1.54, 1.807) is 12.1 Å². The predicted molar refractivity (Wildman–Crippen MR) is 76.2 cm³/mol. The normalized spacial score (nSPS) is 21.6. The SMILES string of the molecule is CC1(NC(=O)Nc2ccc(CC(=O)O)nc2)CCCOC1. The van der Waals surface area contributed by atoms with Crippen LogP contribution in [0.4, 0.5) is 10.5 Å². The zero-order valence-electron chi connectivity index (χ0n) is 11.9. The number of aromatic nitrogens is 1. The van der Waals surface area contributed by atoms with Crippen LogP contribution >= 0.6 is 0 Å². The lowest BCUT2D eigenvalue weighted by Gasteiger charge is -2.34. The van der Waals surface area contributed by atoms with Crippen molar-refractivity contribution in [1.82, 2.24) is 10.3 Å². The first-order chi connectivity index (χ1) is 9.97. The van der Waals surface area contributed by atoms with Gasteiger partial charge in [0.05, 0.1) is 36.1 Å². The number of carbonyl (C=O) groups is 2. The summed E-state index contributed by atoms with van der Waals surface area (Å²) in [6, 6.07) is 2.88. The van der Waals surface area contributed by atoms with E-state index >= 15 is 0 Å². The summed E-state index contributed by atoms with van der Waals surface area (Å²) in [5.41, 5.74) is 0.599. The highest BCUT2D eigenvalue weighted by atomic mass is 16.5. The summed E-state index contributed by atoms with van der Waals surface area (Å²) in [5, 5.41) is 14.2. The second-order valence-corrected chi connectivity index (χ2v) is 5.40. The van der Waals surface area contributed by atoms with Gasteiger partial charge in [-0.3, -0.25) is 9.78 Å². The van der Waals surface area contributed by atoms with E-state index in [4.69, 9.17) is 9.84 Å². The first kappa shape index (κ1) is 15.2. The number of ether oxygens (including phenoxy) is 1. The van der Waals surface area contributed by atoms with Gasteiger partial charge in [0.1, 0.15) is 0 Å². The molecular weight excluding hydrogens is 274 g/mol. The lowest BCUT2D eigenvalue weighted by molar-refractivity contribution is -0.136. The fourth-order valence-corrected chi connectivity index (χ4v) is 2.23. The maximum absolute atomic E-state index is 11.9. The van der Waals surface area contributed by atoms with Crippen LogP contribution in [0.2, 0.25) is 0 Å². The number of nitrogens with one attached hydrogen (secondary N) is 2. The molecule has 2 amide bonds. The number of hydrogen-bond acceptors (Lipinski definition) is 4. The maximum Gasteiger partial charge on any atom is 0.319 e. The average molecular weight is 293 g/mol. The minimum Gasteiger partial charge on any atom is -0.481 e. The van der Waals surface area contributed by atoms with Crippen LogP contribution in [0.25, 0.3) is 0 Å². The van der Waals surface area contributed by atoms with Gasteiger partial charge in [-0.1, -0.05) is 0 Å². The Hall–Kier alpha value is -2.15. The van der Waals surface area contributed by atoms with Gasteiger partial charge in [-0.25, -0.2) is 4.79 Å². The fourth-order valence-electron chi connectivity index (χ4n) is 2.23. The Morgan fingerprint density at radius 3 is 2.86 bits per heavy atom. The largest absolute Gasteiger partial charge is 0.481 e. The molecule has 1 aliphatic rings. The summed E-state index contributed by atoms with van der Waals surface area (Å²) >= 11 is 0. The van der Waals surface area contributed by atoms with Crippen molar-refractivity contribution in [3.05, 3.63) is 24.0 Å². The second-order valence-electron chi connectivity index (χ2n) is 5.40. The molecule has 1 aliphatic heterocycles. The molecule has 0 aliphatic carbocycles. The molecule has 21 heavy (non-hydrogen) atoms. The van der Waals surface area contributed by atoms with Crippen molar-refractivity contribution >= 4 is 17.7 Å². The molecule has 2 heterocycles. The summed E-state index contributed by atoms with van der Waals surface area (Å²) < 4.78 is 5.38. The molecule has 0 saturated carbocycles. The average Bonchev–Trinajstić information content (AvgIpc) is 2.40. The van der Waals surface area contributed by atoms with Crippen molar-refractivity contribution in [1.29, 1.82) is 0 Å². The topological polar surface area (TPSA) is 101 Å². The molecule has 7 nitrogen and oxygen atoms in total. The number of pyridine rings is 1. The zero-order valence-corrected chi connectivity index (χ0v) is 11.9. The van der Waals surface area contributed by atoms with Crippen LogP contribution in [-0.4, -0.2) is 40.8 Å². The summed E-state index contributed by atoms with van der Waals surface area (Å²) in [6.45, 7) is 3.17. The molecule has 0 radical (unpaired) electrons. The van der Waals surface area contributed by atoms with E-state index in [0.717, 1.165) is 19.4 Å². The molecule has 1 aromatic heterocycles. The third-order valence-electron chi connectivity index (χ3n) is 3.27. The second kappa shape index (κ2) is 6.53. The Bertz CT molecular complexity index is 509. The van der Waals surface area contributed by atoms with Gasteiger partial charge in [0.25, 0.3) is 0 Å². The van der Waals surface area contributed by atoms with Gasteiger partial charge in [-0.15, -0.1) is 0 Å². The quantitative estimate of drug-likeness (QED) is 0.779. The van der Waals surface area contributed by atoms with Crippen molar-refractivity contribution in [2.24, 2.45) is 0 Å². The fraction of sp³-hybridized carbons (Fsp3) is 0.500. The standard InChI is InChI=1S/C14H19N3O4/c1-14(5-2-6-21-9-14)17-13(20)16-11-4-3-10(15-8-11)7-12(18)19/h3-4,8H,2,5-7,9H2,1H3,(H,18,19)(H2,16,17,20). The molecule has 0 spiro atoms. The van der Waals surface area contributed by atoms with Crippen LogP contribution in [0.1, 0.15) is 25.5 Å². The van der Waals surface area contributed by atoms with Crippen LogP contribution in [0, 0.1) is 0 Å². The van der Waals surface area contributed by atoms with E-state index in [1.165, 1.54) is 6.20 Å². The summed E-state index contributed by atoms with van der Waals surface area (Å²) in [4.78, 5) is 26.5. The third kappa shape index (κ3) is 4.71. The number of rotatable bonds is 4. The Balaban J connectivity index is 1.88. The lowest BCUT2D eigenvalue weighted by atomic mass is 9.95. The summed E-state index contributed by atoms with van der Waals surface area (Å²) in [7, 11) is 0. The van der Waals surface area contributed by atoms with Crippen molar-refractivity contribution in [2.45, 2.75) is 31.7 Å². The molecule has 7 heteroatoms. The third-order valence-corrected chi connectivity index (χ3v) is 3.27. The molecule has 2 rings (SSSR count). The number of aliphatic carboxylic acids is 1. The molecule has 0 bridgehead atoms. The number of urea groups is 1. The Morgan fingerprint density at radius 1 is 1.48 bits per heavy atom. The first-order valence-electron chi connectivity index (χ1n) is 6.80. The van der Waals surface area contributed by atoms with Gasteiger partial charge in [-0.05, 0) is 31.9 Å². The molecule has 1 atom stereocenters. The van der Waals surface area contributed by atoms with E-state index in [-0.39, 0.29) is 18.0 Å². The van der Waals surface area contributed by atoms with Crippen LogP contribution in [0.3, 0.4) is 0 Å². The van der Waals surface area contributed by atoms with Gasteiger partial charge in [0.2, 0.25) is 0 Å². The minimum atomic E-state index is -0.939. The Labute approximate surface area is 122 Å². The smallest absolute Gasteiger partial charge is 0.319 e. The summed E-state index contributed by atoms with van der Waals surface area (Å²) in [5.74, 6) is -0.939. The molecule has 114 valence electrons. The van der Waals surface area contributed by atoms with E-state index < -0.39 is 5.97 Å². The number of nitrogens with zero attached hydrogens (tertiary/aromatic N) is 1. The van der Waals surface area contributed by atoms with Crippen molar-refractivity contribution in [3.8, 4) is 0 Å². The highest BCUT2D eigenvalue weighted by molar-refractivity contribution is 5.89. The van der Waals surface area contributed by atoms with Crippen LogP contribution in [0.5, 0.6) is 0 Å². The lowest BCUT2D eigenvalue weighted by Crippen LogP contribution is -2.52. The van der Waals surface area contributed by atoms with E-state index in [1.807, 2.05) is 6.92 Å².